The molecule has 0 saturated heterocycles. The summed E-state index contributed by atoms with van der Waals surface area (Å²) < 4.78 is 30.5. The summed E-state index contributed by atoms with van der Waals surface area (Å²) in [6.45, 7) is 1.64. The summed E-state index contributed by atoms with van der Waals surface area (Å²) in [6.07, 6.45) is 3.72. The second-order valence-electron chi connectivity index (χ2n) is 10.0. The van der Waals surface area contributed by atoms with Crippen molar-refractivity contribution in [3.05, 3.63) is 40.1 Å². The van der Waals surface area contributed by atoms with Gasteiger partial charge < -0.3 is 10.6 Å². The number of pyridine rings is 1. The van der Waals surface area contributed by atoms with E-state index in [0.29, 0.717) is 30.6 Å². The number of hydrogen-bond donors (Lipinski definition) is 2. The number of carbonyl (C=O) groups excluding carboxylic acids is 2. The van der Waals surface area contributed by atoms with E-state index in [9.17, 15) is 18.8 Å². The highest BCUT2D eigenvalue weighted by Gasteiger charge is 2.63. The van der Waals surface area contributed by atoms with Crippen LogP contribution in [0.15, 0.2) is 23.3 Å². The molecular formula is C23H24F2N6O3. The molecule has 2 aromatic heterocycles. The molecule has 2 N–H and O–H groups in total. The first-order chi connectivity index (χ1) is 16.2. The Bertz CT molecular complexity index is 1280. The van der Waals surface area contributed by atoms with Crippen molar-refractivity contribution in [2.24, 2.45) is 11.3 Å². The van der Waals surface area contributed by atoms with Gasteiger partial charge in [0, 0.05) is 17.4 Å². The molecule has 0 bridgehead atoms. The molecule has 0 radical (unpaired) electrons. The highest BCUT2D eigenvalue weighted by molar-refractivity contribution is 5.96. The standard InChI is InChI=1S/C23H24F2N6O3/c1-12-8-14(28-16-9-17(27-11-26-16)29-19(32)13-2-3-13)20(33)30-18(12)21(34)31(25)23(30)6-4-22(5-7-23)10-15(22)24/h8-9,11,13,15H,2-7,10H2,1H3,(H2,26,27,28,29,32). The van der Waals surface area contributed by atoms with Crippen LogP contribution < -0.4 is 16.2 Å². The van der Waals surface area contributed by atoms with Crippen molar-refractivity contribution < 1.29 is 18.5 Å². The van der Waals surface area contributed by atoms with Crippen LogP contribution in [-0.4, -0.2) is 37.6 Å². The third-order valence-corrected chi connectivity index (χ3v) is 7.82. The lowest BCUT2D eigenvalue weighted by atomic mass is 9.79. The van der Waals surface area contributed by atoms with E-state index in [2.05, 4.69) is 20.6 Å². The summed E-state index contributed by atoms with van der Waals surface area (Å²) in [5.74, 6) is -0.378. The van der Waals surface area contributed by atoms with E-state index >= 15 is 4.48 Å². The number of aromatic nitrogens is 3. The maximum atomic E-state index is 15.3. The molecule has 178 valence electrons. The Labute approximate surface area is 193 Å². The highest BCUT2D eigenvalue weighted by atomic mass is 19.2. The van der Waals surface area contributed by atoms with Crippen molar-refractivity contribution in [3.63, 3.8) is 0 Å². The number of anilines is 3. The van der Waals surface area contributed by atoms with Gasteiger partial charge in [0.2, 0.25) is 5.91 Å². The van der Waals surface area contributed by atoms with Crippen LogP contribution in [0.4, 0.5) is 26.2 Å². The number of nitrogens with zero attached hydrogens (tertiary/aromatic N) is 4. The fourth-order valence-corrected chi connectivity index (χ4v) is 5.46. The molecule has 6 rings (SSSR count). The average molecular weight is 470 g/mol. The molecule has 9 nitrogen and oxygen atoms in total. The predicted molar refractivity (Wildman–Crippen MR) is 118 cm³/mol. The number of carbonyl (C=O) groups is 2. The molecule has 3 saturated carbocycles. The molecule has 0 aromatic carbocycles. The van der Waals surface area contributed by atoms with Gasteiger partial charge in [-0.15, -0.1) is 5.12 Å². The SMILES string of the molecule is Cc1cc(Nc2cc(NC(=O)C3CC3)ncn2)c(=O)n2c1C(=O)N(F)C21CCC2(CC1)CC2F. The molecule has 2 amide bonds. The molecule has 4 aliphatic rings. The minimum atomic E-state index is -1.45. The Morgan fingerprint density at radius 3 is 2.44 bits per heavy atom. The number of nitrogens with one attached hydrogen (secondary N) is 2. The number of halogens is 2. The third kappa shape index (κ3) is 3.05. The van der Waals surface area contributed by atoms with Crippen LogP contribution in [0.1, 0.15) is 61.0 Å². The Hall–Kier alpha value is -3.37. The Balaban J connectivity index is 1.34. The van der Waals surface area contributed by atoms with Gasteiger partial charge in [-0.05, 0) is 63.5 Å². The maximum Gasteiger partial charge on any atom is 0.300 e. The van der Waals surface area contributed by atoms with Crippen LogP contribution in [-0.2, 0) is 10.5 Å². The average Bonchev–Trinajstić information content (AvgIpc) is 3.73. The Morgan fingerprint density at radius 1 is 1.12 bits per heavy atom. The molecule has 2 aromatic rings. The fourth-order valence-electron chi connectivity index (χ4n) is 5.46. The fraction of sp³-hybridized carbons (Fsp3) is 0.522. The van der Waals surface area contributed by atoms with Crippen LogP contribution in [0.25, 0.3) is 0 Å². The summed E-state index contributed by atoms with van der Waals surface area (Å²) >= 11 is 0. The van der Waals surface area contributed by atoms with Gasteiger partial charge in [-0.1, -0.05) is 4.48 Å². The third-order valence-electron chi connectivity index (χ3n) is 7.82. The molecule has 3 heterocycles. The first kappa shape index (κ1) is 21.2. The summed E-state index contributed by atoms with van der Waals surface area (Å²) in [6, 6.07) is 3.00. The van der Waals surface area contributed by atoms with Crippen molar-refractivity contribution in [1.29, 1.82) is 0 Å². The van der Waals surface area contributed by atoms with Gasteiger partial charge in [-0.2, -0.15) is 0 Å². The van der Waals surface area contributed by atoms with Gasteiger partial charge in [0.1, 0.15) is 35.5 Å². The summed E-state index contributed by atoms with van der Waals surface area (Å²) in [7, 11) is 0. The van der Waals surface area contributed by atoms with Gasteiger partial charge in [0.15, 0.2) is 5.66 Å². The van der Waals surface area contributed by atoms with Gasteiger partial charge in [-0.25, -0.2) is 14.4 Å². The number of fused-ring (bicyclic) bond motifs is 2. The van der Waals surface area contributed by atoms with Crippen LogP contribution in [0.2, 0.25) is 0 Å². The molecular weight excluding hydrogens is 446 g/mol. The molecule has 1 aliphatic heterocycles. The molecule has 3 aliphatic carbocycles. The van der Waals surface area contributed by atoms with E-state index in [1.807, 2.05) is 0 Å². The lowest BCUT2D eigenvalue weighted by molar-refractivity contribution is -0.117. The van der Waals surface area contributed by atoms with Gasteiger partial charge in [0.05, 0.1) is 0 Å². The molecule has 11 heteroatoms. The minimum Gasteiger partial charge on any atom is -0.336 e. The number of aryl methyl sites for hydroxylation is 1. The van der Waals surface area contributed by atoms with Crippen LogP contribution >= 0.6 is 0 Å². The lowest BCUT2D eigenvalue weighted by Gasteiger charge is -2.40. The number of rotatable bonds is 4. The molecule has 1 unspecified atom stereocenters. The highest BCUT2D eigenvalue weighted by Crippen LogP contribution is 2.62. The first-order valence-electron chi connectivity index (χ1n) is 11.6. The summed E-state index contributed by atoms with van der Waals surface area (Å²) in [5.41, 5.74) is -1.86. The first-order valence-corrected chi connectivity index (χ1v) is 11.6. The topological polar surface area (TPSA) is 109 Å². The van der Waals surface area contributed by atoms with E-state index in [0.717, 1.165) is 12.8 Å². The van der Waals surface area contributed by atoms with Crippen molar-refractivity contribution in [2.75, 3.05) is 10.6 Å². The molecule has 1 atom stereocenters. The van der Waals surface area contributed by atoms with Crippen molar-refractivity contribution in [1.82, 2.24) is 19.7 Å². The van der Waals surface area contributed by atoms with E-state index in [1.165, 1.54) is 23.0 Å². The zero-order valence-electron chi connectivity index (χ0n) is 18.6. The van der Waals surface area contributed by atoms with Gasteiger partial charge >= 0.3 is 5.91 Å². The second kappa shape index (κ2) is 7.07. The molecule has 3 fully saturated rings. The monoisotopic (exact) mass is 470 g/mol. The van der Waals surface area contributed by atoms with Gasteiger partial charge in [-0.3, -0.25) is 19.0 Å². The van der Waals surface area contributed by atoms with Crippen LogP contribution in [0.3, 0.4) is 0 Å². The van der Waals surface area contributed by atoms with Crippen LogP contribution in [0, 0.1) is 18.3 Å². The second-order valence-corrected chi connectivity index (χ2v) is 10.0. The molecule has 2 spiro atoms. The van der Waals surface area contributed by atoms with Gasteiger partial charge in [0.25, 0.3) is 5.56 Å². The van der Waals surface area contributed by atoms with E-state index in [4.69, 9.17) is 0 Å². The quantitative estimate of drug-likeness (QED) is 0.664. The smallest absolute Gasteiger partial charge is 0.300 e. The predicted octanol–water partition coefficient (Wildman–Crippen LogP) is 3.33. The summed E-state index contributed by atoms with van der Waals surface area (Å²) in [4.78, 5) is 46.5. The molecule has 34 heavy (non-hydrogen) atoms. The maximum absolute atomic E-state index is 15.3. The number of amides is 2. The van der Waals surface area contributed by atoms with Crippen molar-refractivity contribution in [2.45, 2.75) is 63.7 Å². The van der Waals surface area contributed by atoms with E-state index < -0.39 is 28.7 Å². The number of hydrogen-bond acceptors (Lipinski definition) is 6. The minimum absolute atomic E-state index is 0.00528. The van der Waals surface area contributed by atoms with Crippen molar-refractivity contribution in [3.8, 4) is 0 Å². The Morgan fingerprint density at radius 2 is 1.79 bits per heavy atom. The van der Waals surface area contributed by atoms with Crippen molar-refractivity contribution >= 4 is 29.1 Å². The zero-order chi connectivity index (χ0) is 23.8. The van der Waals surface area contributed by atoms with Crippen LogP contribution in [0.5, 0.6) is 0 Å². The van der Waals surface area contributed by atoms with E-state index in [-0.39, 0.29) is 47.0 Å². The largest absolute Gasteiger partial charge is 0.336 e. The normalized spacial score (nSPS) is 29.4. The zero-order valence-corrected chi connectivity index (χ0v) is 18.6. The summed E-state index contributed by atoms with van der Waals surface area (Å²) in [5, 5.41) is 5.83. The number of alkyl halides is 1. The van der Waals surface area contributed by atoms with E-state index in [1.54, 1.807) is 6.92 Å². The Kier molecular flexibility index (Phi) is 4.40. The lowest BCUT2D eigenvalue weighted by Crippen LogP contribution is -2.49.